The molecule has 182 valence electrons. The number of nitrogens with one attached hydrogen (secondary N) is 1. The van der Waals surface area contributed by atoms with Gasteiger partial charge in [0, 0.05) is 6.07 Å². The van der Waals surface area contributed by atoms with Gasteiger partial charge in [0.2, 0.25) is 5.75 Å². The first-order valence-corrected chi connectivity index (χ1v) is 10.5. The molecule has 0 radical (unpaired) electrons. The SMILES string of the molecule is COc1cc(/C=C2\C(=O)NC(=O)N(c3ccc(OCc4ccccc4)cc3)C2=O)cc([N+](=O)[O-])c1O. The van der Waals surface area contributed by atoms with E-state index < -0.39 is 39.8 Å². The van der Waals surface area contributed by atoms with E-state index in [4.69, 9.17) is 9.47 Å². The highest BCUT2D eigenvalue weighted by Crippen LogP contribution is 2.37. The summed E-state index contributed by atoms with van der Waals surface area (Å²) in [5.74, 6) is -2.33. The lowest BCUT2D eigenvalue weighted by atomic mass is 10.1. The topological polar surface area (TPSA) is 148 Å². The maximum Gasteiger partial charge on any atom is 0.335 e. The third-order valence-electron chi connectivity index (χ3n) is 5.25. The molecule has 1 aliphatic heterocycles. The first-order valence-electron chi connectivity index (χ1n) is 10.5. The highest BCUT2D eigenvalue weighted by Gasteiger charge is 2.37. The van der Waals surface area contributed by atoms with Crippen LogP contribution in [0.5, 0.6) is 17.2 Å². The Morgan fingerprint density at radius 3 is 2.39 bits per heavy atom. The molecule has 11 nitrogen and oxygen atoms in total. The molecule has 4 amide bonds. The van der Waals surface area contributed by atoms with E-state index in [0.29, 0.717) is 12.4 Å². The number of benzene rings is 3. The molecule has 0 saturated carbocycles. The van der Waals surface area contributed by atoms with Gasteiger partial charge in [-0.05, 0) is 47.5 Å². The summed E-state index contributed by atoms with van der Waals surface area (Å²) in [6.07, 6.45) is 1.07. The number of imide groups is 2. The number of carbonyl (C=O) groups excluding carboxylic acids is 3. The molecule has 1 aliphatic rings. The summed E-state index contributed by atoms with van der Waals surface area (Å²) in [6.45, 7) is 0.326. The summed E-state index contributed by atoms with van der Waals surface area (Å²) in [6, 6.07) is 16.9. The molecule has 1 heterocycles. The zero-order valence-corrected chi connectivity index (χ0v) is 18.8. The third kappa shape index (κ3) is 4.85. The van der Waals surface area contributed by atoms with Gasteiger partial charge in [-0.1, -0.05) is 30.3 Å². The van der Waals surface area contributed by atoms with Crippen LogP contribution < -0.4 is 19.7 Å². The number of anilines is 1. The first kappa shape index (κ1) is 24.0. The molecule has 11 heteroatoms. The molecule has 0 atom stereocenters. The molecule has 1 saturated heterocycles. The van der Waals surface area contributed by atoms with Gasteiger partial charge in [-0.2, -0.15) is 0 Å². The van der Waals surface area contributed by atoms with Gasteiger partial charge in [0.15, 0.2) is 5.75 Å². The Balaban J connectivity index is 1.60. The van der Waals surface area contributed by atoms with Crippen molar-refractivity contribution in [3.63, 3.8) is 0 Å². The lowest BCUT2D eigenvalue weighted by molar-refractivity contribution is -0.386. The molecule has 0 spiro atoms. The number of amides is 4. The van der Waals surface area contributed by atoms with E-state index in [0.717, 1.165) is 22.6 Å². The summed E-state index contributed by atoms with van der Waals surface area (Å²) in [4.78, 5) is 49.2. The van der Waals surface area contributed by atoms with Gasteiger partial charge in [-0.3, -0.25) is 25.0 Å². The molecule has 1 fully saturated rings. The number of barbiturate groups is 1. The number of hydrogen-bond donors (Lipinski definition) is 2. The monoisotopic (exact) mass is 489 g/mol. The van der Waals surface area contributed by atoms with Gasteiger partial charge in [0.05, 0.1) is 17.7 Å². The number of nitro groups is 1. The van der Waals surface area contributed by atoms with Crippen LogP contribution >= 0.6 is 0 Å². The van der Waals surface area contributed by atoms with Gasteiger partial charge in [-0.25, -0.2) is 9.69 Å². The maximum absolute atomic E-state index is 13.1. The molecule has 4 rings (SSSR count). The number of phenols is 1. The fourth-order valence-corrected chi connectivity index (χ4v) is 3.48. The Bertz CT molecular complexity index is 1380. The average molecular weight is 489 g/mol. The summed E-state index contributed by atoms with van der Waals surface area (Å²) < 4.78 is 10.7. The van der Waals surface area contributed by atoms with Gasteiger partial charge in [0.25, 0.3) is 11.8 Å². The van der Waals surface area contributed by atoms with Crippen molar-refractivity contribution >= 4 is 35.3 Å². The fraction of sp³-hybridized carbons (Fsp3) is 0.0800. The highest BCUT2D eigenvalue weighted by molar-refractivity contribution is 6.39. The molecule has 3 aromatic rings. The van der Waals surface area contributed by atoms with E-state index in [1.807, 2.05) is 30.3 Å². The van der Waals surface area contributed by atoms with Crippen molar-refractivity contribution in [1.82, 2.24) is 5.32 Å². The smallest absolute Gasteiger partial charge is 0.335 e. The van der Waals surface area contributed by atoms with E-state index in [1.165, 1.54) is 25.3 Å². The van der Waals surface area contributed by atoms with Crippen LogP contribution in [0.4, 0.5) is 16.2 Å². The van der Waals surface area contributed by atoms with Crippen molar-refractivity contribution in [2.75, 3.05) is 12.0 Å². The second kappa shape index (κ2) is 9.97. The van der Waals surface area contributed by atoms with Gasteiger partial charge in [-0.15, -0.1) is 0 Å². The Labute approximate surface area is 204 Å². The number of nitrogens with zero attached hydrogens (tertiary/aromatic N) is 2. The molecule has 36 heavy (non-hydrogen) atoms. The Hall–Kier alpha value is -5.19. The predicted octanol–water partition coefficient (Wildman–Crippen LogP) is 3.55. The van der Waals surface area contributed by atoms with E-state index in [2.05, 4.69) is 5.32 Å². The molecular weight excluding hydrogens is 470 g/mol. The van der Waals surface area contributed by atoms with E-state index in [1.54, 1.807) is 12.1 Å². The minimum Gasteiger partial charge on any atom is -0.500 e. The number of phenolic OH excluding ortho intramolecular Hbond substituents is 1. The number of hydrogen-bond acceptors (Lipinski definition) is 8. The quantitative estimate of drug-likeness (QED) is 0.222. The zero-order valence-electron chi connectivity index (χ0n) is 18.8. The predicted molar refractivity (Wildman–Crippen MR) is 128 cm³/mol. The molecular formula is C25H19N3O8. The second-order valence-corrected chi connectivity index (χ2v) is 7.57. The van der Waals surface area contributed by atoms with Crippen LogP contribution in [0.3, 0.4) is 0 Å². The van der Waals surface area contributed by atoms with Crippen LogP contribution in [0.15, 0.2) is 72.3 Å². The van der Waals surface area contributed by atoms with Crippen molar-refractivity contribution in [3.05, 3.63) is 93.5 Å². The highest BCUT2D eigenvalue weighted by atomic mass is 16.6. The summed E-state index contributed by atoms with van der Waals surface area (Å²) in [5, 5.41) is 23.3. The van der Waals surface area contributed by atoms with Crippen molar-refractivity contribution in [1.29, 1.82) is 0 Å². The molecule has 3 aromatic carbocycles. The van der Waals surface area contributed by atoms with Crippen molar-refractivity contribution < 1.29 is 33.9 Å². The van der Waals surface area contributed by atoms with Crippen LogP contribution in [-0.4, -0.2) is 35.0 Å². The largest absolute Gasteiger partial charge is 0.500 e. The van der Waals surface area contributed by atoms with Crippen LogP contribution in [-0.2, 0) is 16.2 Å². The van der Waals surface area contributed by atoms with Crippen LogP contribution in [0.25, 0.3) is 6.08 Å². The normalized spacial score (nSPS) is 14.5. The minimum atomic E-state index is -0.973. The summed E-state index contributed by atoms with van der Waals surface area (Å²) in [5.41, 5.74) is 0.0579. The average Bonchev–Trinajstić information content (AvgIpc) is 2.87. The van der Waals surface area contributed by atoms with E-state index >= 15 is 0 Å². The minimum absolute atomic E-state index is 0.0359. The van der Waals surface area contributed by atoms with Gasteiger partial charge < -0.3 is 14.6 Å². The maximum atomic E-state index is 13.1. The fourth-order valence-electron chi connectivity index (χ4n) is 3.48. The number of ether oxygens (including phenoxy) is 2. The van der Waals surface area contributed by atoms with Crippen LogP contribution in [0.2, 0.25) is 0 Å². The summed E-state index contributed by atoms with van der Waals surface area (Å²) >= 11 is 0. The molecule has 2 N–H and O–H groups in total. The van der Waals surface area contributed by atoms with Crippen molar-refractivity contribution in [2.45, 2.75) is 6.61 Å². The second-order valence-electron chi connectivity index (χ2n) is 7.57. The summed E-state index contributed by atoms with van der Waals surface area (Å²) in [7, 11) is 1.20. The number of urea groups is 1. The lowest BCUT2D eigenvalue weighted by Gasteiger charge is -2.26. The van der Waals surface area contributed by atoms with Crippen LogP contribution in [0, 0.1) is 10.1 Å². The molecule has 0 aliphatic carbocycles. The standard InChI is InChI=1S/C25H19N3O8/c1-35-21-13-16(12-20(22(21)29)28(33)34)11-19-23(30)26-25(32)27(24(19)31)17-7-9-18(10-8-17)36-14-15-5-3-2-4-6-15/h2-13,29H,14H2,1H3,(H,26,30,32)/b19-11+. The number of nitro benzene ring substituents is 1. The number of aromatic hydroxyl groups is 1. The third-order valence-corrected chi connectivity index (χ3v) is 5.25. The first-order chi connectivity index (χ1) is 17.3. The lowest BCUT2D eigenvalue weighted by Crippen LogP contribution is -2.54. The number of carbonyl (C=O) groups is 3. The van der Waals surface area contributed by atoms with E-state index in [9.17, 15) is 29.6 Å². The molecule has 0 aromatic heterocycles. The van der Waals surface area contributed by atoms with Gasteiger partial charge in [0.1, 0.15) is 17.9 Å². The Morgan fingerprint density at radius 1 is 1.06 bits per heavy atom. The molecule has 0 unspecified atom stereocenters. The zero-order chi connectivity index (χ0) is 25.8. The Morgan fingerprint density at radius 2 is 1.75 bits per heavy atom. The van der Waals surface area contributed by atoms with E-state index in [-0.39, 0.29) is 17.0 Å². The Kier molecular flexibility index (Phi) is 6.63. The van der Waals surface area contributed by atoms with Crippen molar-refractivity contribution in [2.24, 2.45) is 0 Å². The number of methoxy groups -OCH3 is 1. The molecule has 0 bridgehead atoms. The van der Waals surface area contributed by atoms with Gasteiger partial charge >= 0.3 is 11.7 Å². The van der Waals surface area contributed by atoms with Crippen LogP contribution in [0.1, 0.15) is 11.1 Å². The van der Waals surface area contributed by atoms with Crippen molar-refractivity contribution in [3.8, 4) is 17.2 Å². The number of rotatable bonds is 7.